The van der Waals surface area contributed by atoms with Crippen LogP contribution in [-0.2, 0) is 25.4 Å². The molecule has 4 rings (SSSR count). The molecular weight excluding hydrogens is 494 g/mol. The third-order valence-corrected chi connectivity index (χ3v) is 6.54. The molecule has 0 unspecified atom stereocenters. The molecule has 0 fully saturated rings. The van der Waals surface area contributed by atoms with Gasteiger partial charge in [-0.05, 0) is 33.2 Å². The van der Waals surface area contributed by atoms with Crippen LogP contribution in [0.3, 0.4) is 0 Å². The average Bonchev–Trinajstić information content (AvgIpc) is 3.41. The van der Waals surface area contributed by atoms with Crippen molar-refractivity contribution in [2.24, 2.45) is 14.1 Å². The number of hydrogen-bond donors (Lipinski definition) is 0. The molecule has 0 atom stereocenters. The number of ether oxygens (including phenoxy) is 1. The largest absolute Gasteiger partial charge is 0.492 e. The van der Waals surface area contributed by atoms with Crippen molar-refractivity contribution >= 4 is 56.2 Å². The van der Waals surface area contributed by atoms with Crippen LogP contribution in [0.15, 0.2) is 34.1 Å². The molecule has 0 radical (unpaired) electrons. The van der Waals surface area contributed by atoms with Gasteiger partial charge in [-0.15, -0.1) is 12.4 Å². The van der Waals surface area contributed by atoms with Gasteiger partial charge in [-0.25, -0.2) is 14.8 Å². The number of fused-ring (bicyclic) bond motifs is 2. The number of benzene rings is 1. The predicted molar refractivity (Wildman–Crippen MR) is 139 cm³/mol. The van der Waals surface area contributed by atoms with Gasteiger partial charge >= 0.3 is 5.69 Å². The summed E-state index contributed by atoms with van der Waals surface area (Å²) in [6.07, 6.45) is 1.42. The van der Waals surface area contributed by atoms with Gasteiger partial charge in [-0.3, -0.25) is 23.6 Å². The molecular formula is C22H28ClN7O4S. The number of carbonyl (C=O) groups is 1. The highest BCUT2D eigenvalue weighted by Crippen LogP contribution is 2.34. The number of aryl methyl sites for hydroxylation is 1. The first-order chi connectivity index (χ1) is 16.2. The molecule has 0 aliphatic rings. The number of hydrogen-bond acceptors (Lipinski definition) is 8. The van der Waals surface area contributed by atoms with Gasteiger partial charge in [0, 0.05) is 27.2 Å². The first kappa shape index (κ1) is 26.4. The van der Waals surface area contributed by atoms with Gasteiger partial charge in [0.25, 0.3) is 5.56 Å². The number of aromatic nitrogens is 5. The molecule has 188 valence electrons. The number of halogens is 1. The Hall–Kier alpha value is -3.22. The first-order valence-corrected chi connectivity index (χ1v) is 11.6. The molecule has 0 saturated carbocycles. The Morgan fingerprint density at radius 3 is 2.57 bits per heavy atom. The van der Waals surface area contributed by atoms with Crippen molar-refractivity contribution in [3.63, 3.8) is 0 Å². The minimum absolute atomic E-state index is 0. The standard InChI is InChI=1S/C22H27N7O4S.ClH/c1-6-33-14-8-7-9-15-17(14)24-21(34-15)29(11-10-25(2)3)16(30)12-28-13-23-19-18(28)20(31)27(5)22(32)26(19)4;/h7-9,13H,6,10-12H2,1-5H3;1H. The Kier molecular flexibility index (Phi) is 7.98. The second-order valence-electron chi connectivity index (χ2n) is 8.13. The molecule has 0 aliphatic heterocycles. The summed E-state index contributed by atoms with van der Waals surface area (Å²) in [6.45, 7) is 3.35. The molecule has 0 N–H and O–H groups in total. The molecule has 13 heteroatoms. The second-order valence-corrected chi connectivity index (χ2v) is 9.14. The number of nitrogens with zero attached hydrogens (tertiary/aromatic N) is 7. The van der Waals surface area contributed by atoms with Gasteiger partial charge in [0.05, 0.1) is 17.6 Å². The van der Waals surface area contributed by atoms with Crippen LogP contribution in [0.4, 0.5) is 5.13 Å². The van der Waals surface area contributed by atoms with E-state index in [-0.39, 0.29) is 36.0 Å². The molecule has 1 aromatic carbocycles. The molecule has 0 spiro atoms. The summed E-state index contributed by atoms with van der Waals surface area (Å²) in [7, 11) is 6.82. The second kappa shape index (κ2) is 10.6. The maximum absolute atomic E-state index is 13.5. The van der Waals surface area contributed by atoms with Crippen molar-refractivity contribution in [2.75, 3.05) is 38.7 Å². The highest BCUT2D eigenvalue weighted by Gasteiger charge is 2.23. The maximum Gasteiger partial charge on any atom is 0.332 e. The van der Waals surface area contributed by atoms with Crippen LogP contribution in [0.5, 0.6) is 5.75 Å². The average molecular weight is 522 g/mol. The highest BCUT2D eigenvalue weighted by molar-refractivity contribution is 7.22. The summed E-state index contributed by atoms with van der Waals surface area (Å²) in [5.41, 5.74) is 0.185. The zero-order chi connectivity index (χ0) is 24.6. The summed E-state index contributed by atoms with van der Waals surface area (Å²) in [5.74, 6) is 0.432. The van der Waals surface area contributed by atoms with Gasteiger partial charge in [0.2, 0.25) is 5.91 Å². The van der Waals surface area contributed by atoms with E-state index in [0.29, 0.717) is 36.1 Å². The Morgan fingerprint density at radius 2 is 1.89 bits per heavy atom. The molecule has 1 amide bonds. The number of thiazole rings is 1. The fourth-order valence-electron chi connectivity index (χ4n) is 3.67. The fourth-order valence-corrected chi connectivity index (χ4v) is 4.70. The molecule has 0 aliphatic carbocycles. The number of rotatable bonds is 8. The smallest absolute Gasteiger partial charge is 0.332 e. The molecule has 3 aromatic heterocycles. The van der Waals surface area contributed by atoms with Crippen molar-refractivity contribution in [1.82, 2.24) is 28.6 Å². The van der Waals surface area contributed by atoms with Crippen molar-refractivity contribution in [1.29, 1.82) is 0 Å². The van der Waals surface area contributed by atoms with E-state index in [1.807, 2.05) is 44.1 Å². The molecule has 35 heavy (non-hydrogen) atoms. The Morgan fingerprint density at radius 1 is 1.14 bits per heavy atom. The molecule has 3 heterocycles. The SMILES string of the molecule is CCOc1cccc2sc(N(CCN(C)C)C(=O)Cn3cnc4c3c(=O)n(C)c(=O)n4C)nc12.Cl. The Bertz CT molecular complexity index is 1490. The van der Waals surface area contributed by atoms with E-state index in [9.17, 15) is 14.4 Å². The van der Waals surface area contributed by atoms with Crippen LogP contribution in [0.25, 0.3) is 21.4 Å². The minimum Gasteiger partial charge on any atom is -0.492 e. The fraction of sp³-hybridized carbons (Fsp3) is 0.409. The van der Waals surface area contributed by atoms with Crippen LogP contribution in [0.2, 0.25) is 0 Å². The number of likely N-dealkylation sites (N-methyl/N-ethyl adjacent to an activating group) is 1. The predicted octanol–water partition coefficient (Wildman–Crippen LogP) is 1.46. The topological polar surface area (TPSA) is 107 Å². The summed E-state index contributed by atoms with van der Waals surface area (Å²) in [5, 5.41) is 0.554. The number of amides is 1. The Labute approximate surface area is 211 Å². The van der Waals surface area contributed by atoms with Crippen LogP contribution < -0.4 is 20.9 Å². The third kappa shape index (κ3) is 4.95. The van der Waals surface area contributed by atoms with E-state index in [1.165, 1.54) is 33.8 Å². The zero-order valence-corrected chi connectivity index (χ0v) is 21.9. The van der Waals surface area contributed by atoms with Crippen LogP contribution in [0, 0.1) is 0 Å². The van der Waals surface area contributed by atoms with Gasteiger partial charge in [0.15, 0.2) is 16.3 Å². The molecule has 4 aromatic rings. The van der Waals surface area contributed by atoms with Crippen LogP contribution in [-0.4, -0.2) is 68.3 Å². The zero-order valence-electron chi connectivity index (χ0n) is 20.2. The van der Waals surface area contributed by atoms with Crippen LogP contribution in [0.1, 0.15) is 6.92 Å². The maximum atomic E-state index is 13.5. The van der Waals surface area contributed by atoms with Crippen molar-refractivity contribution < 1.29 is 9.53 Å². The third-order valence-electron chi connectivity index (χ3n) is 5.50. The minimum atomic E-state index is -0.496. The molecule has 0 bridgehead atoms. The lowest BCUT2D eigenvalue weighted by Crippen LogP contribution is -2.40. The Balaban J connectivity index is 0.00000342. The van der Waals surface area contributed by atoms with E-state index in [1.54, 1.807) is 11.9 Å². The van der Waals surface area contributed by atoms with Gasteiger partial charge in [-0.2, -0.15) is 0 Å². The highest BCUT2D eigenvalue weighted by atomic mass is 35.5. The molecule has 11 nitrogen and oxygen atoms in total. The van der Waals surface area contributed by atoms with Gasteiger partial charge in [0.1, 0.15) is 17.8 Å². The number of carbonyl (C=O) groups excluding carboxylic acids is 1. The summed E-state index contributed by atoms with van der Waals surface area (Å²) in [6, 6.07) is 5.71. The normalized spacial score (nSPS) is 11.3. The lowest BCUT2D eigenvalue weighted by molar-refractivity contribution is -0.119. The lowest BCUT2D eigenvalue weighted by atomic mass is 10.3. The van der Waals surface area contributed by atoms with Gasteiger partial charge in [-0.1, -0.05) is 17.4 Å². The van der Waals surface area contributed by atoms with E-state index >= 15 is 0 Å². The van der Waals surface area contributed by atoms with Crippen molar-refractivity contribution in [3.05, 3.63) is 45.4 Å². The number of anilines is 1. The number of para-hydroxylation sites is 1. The number of imidazole rings is 1. The van der Waals surface area contributed by atoms with Crippen molar-refractivity contribution in [2.45, 2.75) is 13.5 Å². The van der Waals surface area contributed by atoms with Crippen LogP contribution >= 0.6 is 23.7 Å². The molecule has 0 saturated heterocycles. The van der Waals surface area contributed by atoms with E-state index in [2.05, 4.69) is 4.98 Å². The quantitative estimate of drug-likeness (QED) is 0.345. The summed E-state index contributed by atoms with van der Waals surface area (Å²) >= 11 is 1.41. The van der Waals surface area contributed by atoms with Crippen molar-refractivity contribution in [3.8, 4) is 5.75 Å². The van der Waals surface area contributed by atoms with E-state index < -0.39 is 11.2 Å². The monoisotopic (exact) mass is 521 g/mol. The summed E-state index contributed by atoms with van der Waals surface area (Å²) < 4.78 is 10.4. The van der Waals surface area contributed by atoms with Gasteiger partial charge < -0.3 is 14.2 Å². The summed E-state index contributed by atoms with van der Waals surface area (Å²) in [4.78, 5) is 51.0. The van der Waals surface area contributed by atoms with E-state index in [4.69, 9.17) is 9.72 Å². The lowest BCUT2D eigenvalue weighted by Gasteiger charge is -2.22. The first-order valence-electron chi connectivity index (χ1n) is 10.8. The van der Waals surface area contributed by atoms with E-state index in [0.717, 1.165) is 9.27 Å².